The molecule has 13 heavy (non-hydrogen) atoms. The maximum absolute atomic E-state index is 10.4. The molecule has 0 spiro atoms. The van der Waals surface area contributed by atoms with E-state index in [1.807, 2.05) is 14.1 Å². The molecule has 72 valence electrons. The molecule has 0 aromatic carbocycles. The quantitative estimate of drug-likeness (QED) is 0.629. The zero-order valence-corrected chi connectivity index (χ0v) is 7.66. The highest BCUT2D eigenvalue weighted by Gasteiger charge is 2.08. The van der Waals surface area contributed by atoms with Crippen molar-refractivity contribution in [2.75, 3.05) is 24.7 Å². The Hall–Kier alpha value is -1.65. The second kappa shape index (κ2) is 3.38. The number of aromatic amines is 1. The predicted octanol–water partition coefficient (Wildman–Crippen LogP) is 0.290. The number of carboxylic acids is 1. The Balaban J connectivity index is 2.88. The van der Waals surface area contributed by atoms with Crippen molar-refractivity contribution in [2.24, 2.45) is 0 Å². The van der Waals surface area contributed by atoms with Crippen molar-refractivity contribution < 1.29 is 9.90 Å². The zero-order valence-electron chi connectivity index (χ0n) is 7.66. The van der Waals surface area contributed by atoms with E-state index in [9.17, 15) is 4.79 Å². The van der Waals surface area contributed by atoms with Crippen molar-refractivity contribution in [3.63, 3.8) is 0 Å². The Labute approximate surface area is 76.2 Å². The van der Waals surface area contributed by atoms with Gasteiger partial charge in [-0.05, 0) is 6.07 Å². The van der Waals surface area contributed by atoms with Crippen LogP contribution >= 0.6 is 0 Å². The first-order chi connectivity index (χ1) is 6.00. The molecule has 0 amide bonds. The third-order valence-corrected chi connectivity index (χ3v) is 1.67. The number of hydrogen-bond donors (Lipinski definition) is 3. The number of nitrogen functional groups attached to an aromatic ring is 1. The summed E-state index contributed by atoms with van der Waals surface area (Å²) in [7, 11) is 3.68. The number of aromatic nitrogens is 1. The summed E-state index contributed by atoms with van der Waals surface area (Å²) in [6, 6.07) is 1.64. The van der Waals surface area contributed by atoms with E-state index in [0.29, 0.717) is 11.4 Å². The number of carboxylic acid groups (broad SMARTS) is 1. The van der Waals surface area contributed by atoms with Crippen LogP contribution in [0, 0.1) is 0 Å². The van der Waals surface area contributed by atoms with Gasteiger partial charge >= 0.3 is 5.97 Å². The van der Waals surface area contributed by atoms with Crippen LogP contribution in [-0.4, -0.2) is 30.2 Å². The molecule has 0 aliphatic heterocycles. The number of aliphatic carboxylic acids is 1. The zero-order chi connectivity index (χ0) is 10.0. The average Bonchev–Trinajstić information content (AvgIpc) is 2.29. The Bertz CT molecular complexity index is 317. The summed E-state index contributed by atoms with van der Waals surface area (Å²) >= 11 is 0. The van der Waals surface area contributed by atoms with E-state index in [0.717, 1.165) is 5.82 Å². The Morgan fingerprint density at radius 2 is 2.31 bits per heavy atom. The summed E-state index contributed by atoms with van der Waals surface area (Å²) in [6.45, 7) is 0. The predicted molar refractivity (Wildman–Crippen MR) is 50.9 cm³/mol. The van der Waals surface area contributed by atoms with E-state index in [1.54, 1.807) is 11.0 Å². The molecule has 0 radical (unpaired) electrons. The normalized spacial score (nSPS) is 10.0. The van der Waals surface area contributed by atoms with Gasteiger partial charge in [-0.15, -0.1) is 0 Å². The molecule has 0 saturated heterocycles. The summed E-state index contributed by atoms with van der Waals surface area (Å²) in [4.78, 5) is 15.1. The van der Waals surface area contributed by atoms with Crippen molar-refractivity contribution in [3.8, 4) is 0 Å². The van der Waals surface area contributed by atoms with Crippen LogP contribution < -0.4 is 10.6 Å². The lowest BCUT2D eigenvalue weighted by atomic mass is 10.3. The summed E-state index contributed by atoms with van der Waals surface area (Å²) in [5, 5.41) is 8.53. The summed E-state index contributed by atoms with van der Waals surface area (Å²) in [5.74, 6) is -0.122. The van der Waals surface area contributed by atoms with Gasteiger partial charge in [-0.1, -0.05) is 0 Å². The smallest absolute Gasteiger partial charge is 0.309 e. The molecule has 0 unspecified atom stereocenters. The number of anilines is 2. The van der Waals surface area contributed by atoms with Crippen LogP contribution in [0.15, 0.2) is 6.07 Å². The van der Waals surface area contributed by atoms with Crippen LogP contribution in [0.5, 0.6) is 0 Å². The third-order valence-electron chi connectivity index (χ3n) is 1.67. The second-order valence-electron chi connectivity index (χ2n) is 3.06. The van der Waals surface area contributed by atoms with Gasteiger partial charge in [-0.3, -0.25) is 4.79 Å². The molecule has 1 rings (SSSR count). The topological polar surface area (TPSA) is 82.3 Å². The molecule has 1 aromatic heterocycles. The van der Waals surface area contributed by atoms with Crippen LogP contribution in [0.2, 0.25) is 0 Å². The first-order valence-corrected chi connectivity index (χ1v) is 3.87. The largest absolute Gasteiger partial charge is 0.481 e. The van der Waals surface area contributed by atoms with Crippen molar-refractivity contribution in [3.05, 3.63) is 11.8 Å². The van der Waals surface area contributed by atoms with Crippen LogP contribution in [0.4, 0.5) is 11.5 Å². The van der Waals surface area contributed by atoms with Gasteiger partial charge in [0.25, 0.3) is 0 Å². The molecule has 1 aromatic rings. The van der Waals surface area contributed by atoms with E-state index >= 15 is 0 Å². The number of carbonyl (C=O) groups is 1. The van der Waals surface area contributed by atoms with Gasteiger partial charge in [0.2, 0.25) is 0 Å². The lowest BCUT2D eigenvalue weighted by Gasteiger charge is -2.10. The summed E-state index contributed by atoms with van der Waals surface area (Å²) in [6.07, 6.45) is -0.0297. The van der Waals surface area contributed by atoms with Gasteiger partial charge in [0.05, 0.1) is 12.1 Å². The van der Waals surface area contributed by atoms with E-state index in [1.165, 1.54) is 0 Å². The molecule has 0 aliphatic carbocycles. The van der Waals surface area contributed by atoms with Crippen LogP contribution in [-0.2, 0) is 11.2 Å². The minimum absolute atomic E-state index is 0.0297. The Kier molecular flexibility index (Phi) is 2.46. The van der Waals surface area contributed by atoms with E-state index in [2.05, 4.69) is 4.98 Å². The number of rotatable bonds is 3. The maximum atomic E-state index is 10.4. The minimum atomic E-state index is -0.869. The Morgan fingerprint density at radius 3 is 2.69 bits per heavy atom. The Morgan fingerprint density at radius 1 is 1.69 bits per heavy atom. The van der Waals surface area contributed by atoms with Crippen molar-refractivity contribution in [1.82, 2.24) is 4.98 Å². The second-order valence-corrected chi connectivity index (χ2v) is 3.06. The molecular formula is C8H13N3O2. The standard InChI is InChI=1S/C8H13N3O2/c1-11(2)8-6(9)3-5(10-8)4-7(12)13/h3,10H,4,9H2,1-2H3,(H,12,13). The lowest BCUT2D eigenvalue weighted by molar-refractivity contribution is -0.136. The number of H-pyrrole nitrogens is 1. The van der Waals surface area contributed by atoms with E-state index in [4.69, 9.17) is 10.8 Å². The van der Waals surface area contributed by atoms with Gasteiger partial charge in [-0.25, -0.2) is 0 Å². The first-order valence-electron chi connectivity index (χ1n) is 3.87. The average molecular weight is 183 g/mol. The van der Waals surface area contributed by atoms with Crippen LogP contribution in [0.25, 0.3) is 0 Å². The molecule has 1 heterocycles. The van der Waals surface area contributed by atoms with E-state index in [-0.39, 0.29) is 6.42 Å². The van der Waals surface area contributed by atoms with Gasteiger partial charge in [0, 0.05) is 19.8 Å². The lowest BCUT2D eigenvalue weighted by Crippen LogP contribution is -2.11. The van der Waals surface area contributed by atoms with Gasteiger partial charge in [0.15, 0.2) is 0 Å². The van der Waals surface area contributed by atoms with Gasteiger partial charge in [-0.2, -0.15) is 0 Å². The third kappa shape index (κ3) is 2.14. The van der Waals surface area contributed by atoms with Crippen molar-refractivity contribution in [2.45, 2.75) is 6.42 Å². The van der Waals surface area contributed by atoms with Gasteiger partial charge < -0.3 is 20.7 Å². The minimum Gasteiger partial charge on any atom is -0.481 e. The molecule has 0 atom stereocenters. The number of nitrogens with one attached hydrogen (secondary N) is 1. The molecule has 0 fully saturated rings. The van der Waals surface area contributed by atoms with Crippen LogP contribution in [0.3, 0.4) is 0 Å². The first kappa shape index (κ1) is 9.44. The molecule has 0 aliphatic rings. The highest BCUT2D eigenvalue weighted by Crippen LogP contribution is 2.21. The molecule has 0 saturated carbocycles. The number of nitrogens with two attached hydrogens (primary N) is 1. The van der Waals surface area contributed by atoms with E-state index < -0.39 is 5.97 Å². The van der Waals surface area contributed by atoms with Crippen LogP contribution in [0.1, 0.15) is 5.69 Å². The van der Waals surface area contributed by atoms with Gasteiger partial charge in [0.1, 0.15) is 5.82 Å². The highest BCUT2D eigenvalue weighted by molar-refractivity contribution is 5.72. The molecular weight excluding hydrogens is 170 g/mol. The number of nitrogens with zero attached hydrogens (tertiary/aromatic N) is 1. The fraction of sp³-hybridized carbons (Fsp3) is 0.375. The van der Waals surface area contributed by atoms with Crippen molar-refractivity contribution >= 4 is 17.5 Å². The SMILES string of the molecule is CN(C)c1[nH]c(CC(=O)O)cc1N. The van der Waals surface area contributed by atoms with Crippen molar-refractivity contribution in [1.29, 1.82) is 0 Å². The fourth-order valence-electron chi connectivity index (χ4n) is 1.14. The monoisotopic (exact) mass is 183 g/mol. The fourth-order valence-corrected chi connectivity index (χ4v) is 1.14. The maximum Gasteiger partial charge on any atom is 0.309 e. The molecule has 5 heteroatoms. The molecule has 5 nitrogen and oxygen atoms in total. The number of hydrogen-bond acceptors (Lipinski definition) is 3. The molecule has 0 bridgehead atoms. The highest BCUT2D eigenvalue weighted by atomic mass is 16.4. The summed E-state index contributed by atoms with van der Waals surface area (Å²) in [5.41, 5.74) is 6.84. The summed E-state index contributed by atoms with van der Waals surface area (Å²) < 4.78 is 0. The molecule has 4 N–H and O–H groups in total.